The lowest BCUT2D eigenvalue weighted by molar-refractivity contribution is 0.0574. The van der Waals surface area contributed by atoms with E-state index in [1.165, 1.54) is 11.3 Å². The van der Waals surface area contributed by atoms with Gasteiger partial charge in [0.2, 0.25) is 0 Å². The summed E-state index contributed by atoms with van der Waals surface area (Å²) in [4.78, 5) is 14.4. The fourth-order valence-electron chi connectivity index (χ4n) is 2.36. The Morgan fingerprint density at radius 2 is 2.28 bits per heavy atom. The van der Waals surface area contributed by atoms with Gasteiger partial charge >= 0.3 is 0 Å². The Hall–Kier alpha value is 0.0900. The number of likely N-dealkylation sites (tertiary alicyclic amines) is 1. The number of nitrogens with zero attached hydrogens (tertiary/aromatic N) is 1. The molecule has 0 radical (unpaired) electrons. The minimum absolute atomic E-state index is 0.0713. The van der Waals surface area contributed by atoms with Crippen LogP contribution < -0.4 is 0 Å². The van der Waals surface area contributed by atoms with Gasteiger partial charge in [-0.3, -0.25) is 4.79 Å². The molecule has 1 N–H and O–H groups in total. The molecular formula is C12H15Br2NO2S. The zero-order valence-corrected chi connectivity index (χ0v) is 13.9. The van der Waals surface area contributed by atoms with Gasteiger partial charge in [-0.2, -0.15) is 0 Å². The van der Waals surface area contributed by atoms with Crippen LogP contribution in [0.25, 0.3) is 0 Å². The number of aliphatic hydroxyl groups is 1. The lowest BCUT2D eigenvalue weighted by Gasteiger charge is -2.35. The monoisotopic (exact) mass is 395 g/mol. The fraction of sp³-hybridized carbons (Fsp3) is 0.583. The first-order chi connectivity index (χ1) is 8.63. The van der Waals surface area contributed by atoms with Gasteiger partial charge in [-0.1, -0.05) is 0 Å². The molecule has 1 aliphatic rings. The lowest BCUT2D eigenvalue weighted by Crippen LogP contribution is -2.44. The van der Waals surface area contributed by atoms with Crippen molar-refractivity contribution in [2.75, 3.05) is 13.2 Å². The lowest BCUT2D eigenvalue weighted by atomic mass is 9.99. The summed E-state index contributed by atoms with van der Waals surface area (Å²) in [6.45, 7) is 0.937. The molecule has 0 saturated carbocycles. The van der Waals surface area contributed by atoms with Crippen molar-refractivity contribution in [3.8, 4) is 0 Å². The third-order valence-electron chi connectivity index (χ3n) is 3.24. The molecule has 1 aromatic rings. The largest absolute Gasteiger partial charge is 0.396 e. The molecule has 1 saturated heterocycles. The molecule has 0 spiro atoms. The molecule has 1 unspecified atom stereocenters. The van der Waals surface area contributed by atoms with Crippen molar-refractivity contribution >= 4 is 49.1 Å². The van der Waals surface area contributed by atoms with E-state index in [1.807, 2.05) is 11.0 Å². The highest BCUT2D eigenvalue weighted by Gasteiger charge is 2.28. The number of hydrogen-bond acceptors (Lipinski definition) is 3. The highest BCUT2D eigenvalue weighted by Crippen LogP contribution is 2.34. The molecule has 6 heteroatoms. The Labute approximate surface area is 127 Å². The van der Waals surface area contributed by atoms with Gasteiger partial charge < -0.3 is 10.0 Å². The van der Waals surface area contributed by atoms with Crippen molar-refractivity contribution in [3.63, 3.8) is 0 Å². The third kappa shape index (κ3) is 3.15. The van der Waals surface area contributed by atoms with Gasteiger partial charge in [-0.15, -0.1) is 11.3 Å². The number of aliphatic hydroxyl groups excluding tert-OH is 1. The van der Waals surface area contributed by atoms with Crippen LogP contribution in [0.15, 0.2) is 13.6 Å². The number of rotatable bonds is 3. The zero-order chi connectivity index (χ0) is 13.1. The smallest absolute Gasteiger partial charge is 0.256 e. The van der Waals surface area contributed by atoms with Crippen LogP contribution >= 0.6 is 43.2 Å². The van der Waals surface area contributed by atoms with Crippen LogP contribution in [0.3, 0.4) is 0 Å². The summed E-state index contributed by atoms with van der Waals surface area (Å²) in [5.41, 5.74) is 0.719. The number of thiophene rings is 1. The van der Waals surface area contributed by atoms with E-state index in [1.54, 1.807) is 0 Å². The molecule has 1 aliphatic heterocycles. The van der Waals surface area contributed by atoms with Crippen LogP contribution in [-0.2, 0) is 0 Å². The Kier molecular flexibility index (Phi) is 5.24. The molecule has 0 bridgehead atoms. The predicted octanol–water partition coefficient (Wildman–Crippen LogP) is 3.65. The molecule has 1 atom stereocenters. The molecule has 3 nitrogen and oxygen atoms in total. The molecule has 0 aliphatic carbocycles. The zero-order valence-electron chi connectivity index (χ0n) is 9.86. The summed E-state index contributed by atoms with van der Waals surface area (Å²) in [6, 6.07) is 2.05. The number of carbonyl (C=O) groups is 1. The van der Waals surface area contributed by atoms with Crippen molar-refractivity contribution in [1.82, 2.24) is 4.90 Å². The topological polar surface area (TPSA) is 40.5 Å². The summed E-state index contributed by atoms with van der Waals surface area (Å²) >= 11 is 8.35. The normalized spacial score (nSPS) is 20.2. The Bertz CT molecular complexity index is 434. The Balaban J connectivity index is 2.18. The van der Waals surface area contributed by atoms with Gasteiger partial charge in [0.25, 0.3) is 5.91 Å². The van der Waals surface area contributed by atoms with E-state index < -0.39 is 0 Å². The first-order valence-electron chi connectivity index (χ1n) is 6.00. The second-order valence-corrected chi connectivity index (χ2v) is 8.15. The van der Waals surface area contributed by atoms with Crippen molar-refractivity contribution in [3.05, 3.63) is 19.2 Å². The number of amides is 1. The van der Waals surface area contributed by atoms with Crippen LogP contribution in [0.1, 0.15) is 36.0 Å². The summed E-state index contributed by atoms with van der Waals surface area (Å²) in [5, 5.41) is 9.09. The summed E-state index contributed by atoms with van der Waals surface area (Å²) < 4.78 is 1.82. The number of piperidine rings is 1. The number of halogens is 2. The molecule has 18 heavy (non-hydrogen) atoms. The number of carbonyl (C=O) groups excluding carboxylic acids is 1. The molecule has 1 amide bonds. The third-order valence-corrected chi connectivity index (χ3v) is 5.58. The van der Waals surface area contributed by atoms with Crippen LogP contribution in [-0.4, -0.2) is 35.1 Å². The van der Waals surface area contributed by atoms with Crippen molar-refractivity contribution in [1.29, 1.82) is 0 Å². The van der Waals surface area contributed by atoms with Crippen LogP contribution in [0.5, 0.6) is 0 Å². The summed E-state index contributed by atoms with van der Waals surface area (Å²) in [6.07, 6.45) is 3.86. The second kappa shape index (κ2) is 6.50. The summed E-state index contributed by atoms with van der Waals surface area (Å²) in [7, 11) is 0. The van der Waals surface area contributed by atoms with Crippen LogP contribution in [0.4, 0.5) is 0 Å². The van der Waals surface area contributed by atoms with E-state index in [0.717, 1.165) is 38.9 Å². The van der Waals surface area contributed by atoms with E-state index in [4.69, 9.17) is 5.11 Å². The average molecular weight is 397 g/mol. The minimum Gasteiger partial charge on any atom is -0.396 e. The maximum Gasteiger partial charge on any atom is 0.256 e. The van der Waals surface area contributed by atoms with Gasteiger partial charge in [0.1, 0.15) is 0 Å². The second-order valence-electron chi connectivity index (χ2n) is 4.40. The van der Waals surface area contributed by atoms with Gasteiger partial charge in [0.15, 0.2) is 0 Å². The molecule has 1 fully saturated rings. The number of hydrogen-bond donors (Lipinski definition) is 1. The van der Waals surface area contributed by atoms with Gasteiger partial charge in [-0.25, -0.2) is 0 Å². The molecule has 100 valence electrons. The maximum atomic E-state index is 12.5. The first-order valence-corrected chi connectivity index (χ1v) is 8.40. The highest BCUT2D eigenvalue weighted by molar-refractivity contribution is 9.12. The minimum atomic E-state index is 0.0713. The first kappa shape index (κ1) is 14.5. The van der Waals surface area contributed by atoms with Crippen molar-refractivity contribution in [2.45, 2.75) is 31.7 Å². The van der Waals surface area contributed by atoms with Crippen molar-refractivity contribution in [2.24, 2.45) is 0 Å². The van der Waals surface area contributed by atoms with E-state index in [0.29, 0.717) is 6.42 Å². The molecular weight excluding hydrogens is 382 g/mol. The maximum absolute atomic E-state index is 12.5. The average Bonchev–Trinajstić information content (AvgIpc) is 2.69. The van der Waals surface area contributed by atoms with Crippen LogP contribution in [0.2, 0.25) is 0 Å². The van der Waals surface area contributed by atoms with E-state index in [2.05, 4.69) is 31.9 Å². The van der Waals surface area contributed by atoms with E-state index in [-0.39, 0.29) is 18.6 Å². The Morgan fingerprint density at radius 3 is 2.89 bits per heavy atom. The fourth-order valence-corrected chi connectivity index (χ4v) is 5.14. The van der Waals surface area contributed by atoms with E-state index >= 15 is 0 Å². The quantitative estimate of drug-likeness (QED) is 0.846. The standard InChI is InChI=1S/C12H15Br2NO2S/c13-10-7-9(11(14)18-10)12(17)15-5-2-1-3-8(15)4-6-16/h7-8,16H,1-6H2. The van der Waals surface area contributed by atoms with E-state index in [9.17, 15) is 4.79 Å². The predicted molar refractivity (Wildman–Crippen MR) is 80.1 cm³/mol. The van der Waals surface area contributed by atoms with Gasteiger partial charge in [-0.05, 0) is 63.6 Å². The van der Waals surface area contributed by atoms with Gasteiger partial charge in [0, 0.05) is 19.2 Å². The highest BCUT2D eigenvalue weighted by atomic mass is 79.9. The molecule has 1 aromatic heterocycles. The molecule has 2 rings (SSSR count). The van der Waals surface area contributed by atoms with Gasteiger partial charge in [0.05, 0.1) is 13.1 Å². The van der Waals surface area contributed by atoms with Crippen LogP contribution in [0, 0.1) is 0 Å². The summed E-state index contributed by atoms with van der Waals surface area (Å²) in [5.74, 6) is 0.0713. The molecule has 2 heterocycles. The van der Waals surface area contributed by atoms with Crippen molar-refractivity contribution < 1.29 is 9.90 Å². The SMILES string of the molecule is O=C(c1cc(Br)sc1Br)N1CCCCC1CCO. The Morgan fingerprint density at radius 1 is 1.50 bits per heavy atom. The molecule has 0 aromatic carbocycles.